The first-order valence-corrected chi connectivity index (χ1v) is 5.80. The molecule has 3 nitrogen and oxygen atoms in total. The highest BCUT2D eigenvalue weighted by Gasteiger charge is 2.05. The highest BCUT2D eigenvalue weighted by atomic mass is 79.9. The van der Waals surface area contributed by atoms with E-state index in [-0.39, 0.29) is 0 Å². The summed E-state index contributed by atoms with van der Waals surface area (Å²) in [5.74, 6) is 0.853. The molecule has 0 aliphatic heterocycles. The van der Waals surface area contributed by atoms with Gasteiger partial charge in [0.1, 0.15) is 16.7 Å². The van der Waals surface area contributed by atoms with E-state index in [4.69, 9.17) is 27.9 Å². The lowest BCUT2D eigenvalue weighted by Gasteiger charge is -2.06. The van der Waals surface area contributed by atoms with E-state index < -0.39 is 0 Å². The minimum atomic E-state index is 0.394. The molecule has 0 radical (unpaired) electrons. The Labute approximate surface area is 111 Å². The Hall–Kier alpha value is -0.840. The maximum absolute atomic E-state index is 5.95. The fourth-order valence-electron chi connectivity index (χ4n) is 1.04. The molecule has 1 heterocycles. The molecule has 1 aromatic carbocycles. The second kappa shape index (κ2) is 4.99. The highest BCUT2D eigenvalue weighted by molar-refractivity contribution is 9.10. The van der Waals surface area contributed by atoms with E-state index in [1.807, 2.05) is 0 Å². The molecule has 0 aliphatic rings. The zero-order chi connectivity index (χ0) is 11.5. The lowest BCUT2D eigenvalue weighted by atomic mass is 10.3. The van der Waals surface area contributed by atoms with E-state index in [0.717, 1.165) is 0 Å². The first kappa shape index (κ1) is 11.6. The summed E-state index contributed by atoms with van der Waals surface area (Å²) in [5.41, 5.74) is 0. The molecule has 2 rings (SSSR count). The van der Waals surface area contributed by atoms with E-state index >= 15 is 0 Å². The molecule has 0 saturated heterocycles. The van der Waals surface area contributed by atoms with E-state index in [9.17, 15) is 0 Å². The molecule has 2 aromatic rings. The second-order valence-corrected chi connectivity index (χ2v) is 4.51. The number of halogens is 3. The van der Waals surface area contributed by atoms with Gasteiger partial charge in [0.05, 0.1) is 5.02 Å². The summed E-state index contributed by atoms with van der Waals surface area (Å²) in [5, 5.41) is 1.02. The van der Waals surface area contributed by atoms with Crippen molar-refractivity contribution in [1.29, 1.82) is 0 Å². The number of nitrogens with zero attached hydrogens (tertiary/aromatic N) is 2. The number of benzene rings is 1. The van der Waals surface area contributed by atoms with Gasteiger partial charge in [-0.2, -0.15) is 0 Å². The van der Waals surface area contributed by atoms with E-state index in [2.05, 4.69) is 25.9 Å². The van der Waals surface area contributed by atoms with Gasteiger partial charge in [-0.15, -0.1) is 0 Å². The van der Waals surface area contributed by atoms with Gasteiger partial charge in [0.2, 0.25) is 5.88 Å². The maximum atomic E-state index is 5.95. The van der Waals surface area contributed by atoms with Crippen LogP contribution >= 0.6 is 39.1 Å². The largest absolute Gasteiger partial charge is 0.437 e. The van der Waals surface area contributed by atoms with Crippen LogP contribution < -0.4 is 4.74 Å². The van der Waals surface area contributed by atoms with Crippen molar-refractivity contribution in [3.05, 3.63) is 45.2 Å². The molecule has 0 bridgehead atoms. The van der Waals surface area contributed by atoms with Crippen molar-refractivity contribution in [2.24, 2.45) is 0 Å². The molecule has 0 spiro atoms. The van der Waals surface area contributed by atoms with Gasteiger partial charge in [0.25, 0.3) is 0 Å². The van der Waals surface area contributed by atoms with Gasteiger partial charge in [0.15, 0.2) is 0 Å². The predicted molar refractivity (Wildman–Crippen MR) is 66.3 cm³/mol. The number of rotatable bonds is 2. The zero-order valence-electron chi connectivity index (χ0n) is 7.82. The number of hydrogen-bond acceptors (Lipinski definition) is 3. The first-order chi connectivity index (χ1) is 7.65. The van der Waals surface area contributed by atoms with E-state index in [1.54, 1.807) is 24.3 Å². The molecule has 0 saturated carbocycles. The van der Waals surface area contributed by atoms with Crippen molar-refractivity contribution in [3.8, 4) is 11.6 Å². The summed E-state index contributed by atoms with van der Waals surface area (Å²) in [6.07, 6.45) is 1.39. The van der Waals surface area contributed by atoms with Gasteiger partial charge in [-0.3, -0.25) is 0 Å². The molecule has 0 atom stereocenters. The van der Waals surface area contributed by atoms with Crippen LogP contribution in [0.25, 0.3) is 0 Å². The summed E-state index contributed by atoms with van der Waals surface area (Å²) in [6, 6.07) is 6.61. The Bertz CT molecular complexity index is 522. The van der Waals surface area contributed by atoms with Crippen molar-refractivity contribution in [1.82, 2.24) is 9.97 Å². The van der Waals surface area contributed by atoms with Gasteiger partial charge in [-0.25, -0.2) is 9.97 Å². The van der Waals surface area contributed by atoms with Crippen LogP contribution in [0.2, 0.25) is 10.0 Å². The molecule has 0 amide bonds. The molecule has 16 heavy (non-hydrogen) atoms. The Balaban J connectivity index is 2.30. The van der Waals surface area contributed by atoms with Crippen LogP contribution in [0.4, 0.5) is 0 Å². The number of hydrogen-bond donors (Lipinski definition) is 0. The molecule has 0 unspecified atom stereocenters. The Morgan fingerprint density at radius 3 is 2.69 bits per heavy atom. The van der Waals surface area contributed by atoms with Gasteiger partial charge >= 0.3 is 0 Å². The first-order valence-electron chi connectivity index (χ1n) is 4.25. The van der Waals surface area contributed by atoms with Gasteiger partial charge in [0, 0.05) is 17.2 Å². The Morgan fingerprint density at radius 1 is 1.12 bits per heavy atom. The molecule has 0 fully saturated rings. The normalized spacial score (nSPS) is 10.2. The lowest BCUT2D eigenvalue weighted by molar-refractivity contribution is 0.461. The quantitative estimate of drug-likeness (QED) is 0.772. The fourth-order valence-corrected chi connectivity index (χ4v) is 1.65. The molecule has 0 N–H and O–H groups in total. The van der Waals surface area contributed by atoms with Crippen molar-refractivity contribution < 1.29 is 4.74 Å². The van der Waals surface area contributed by atoms with Gasteiger partial charge in [-0.1, -0.05) is 23.2 Å². The second-order valence-electron chi connectivity index (χ2n) is 2.86. The third kappa shape index (κ3) is 2.84. The lowest BCUT2D eigenvalue weighted by Crippen LogP contribution is -1.89. The van der Waals surface area contributed by atoms with Gasteiger partial charge < -0.3 is 4.74 Å². The Morgan fingerprint density at radius 2 is 1.94 bits per heavy atom. The molecular formula is C10H5BrCl2N2O. The third-order valence-electron chi connectivity index (χ3n) is 1.72. The fraction of sp³-hybridized carbons (Fsp3) is 0. The highest BCUT2D eigenvalue weighted by Crippen LogP contribution is 2.31. The minimum absolute atomic E-state index is 0.394. The monoisotopic (exact) mass is 318 g/mol. The van der Waals surface area contributed by atoms with Crippen LogP contribution in [0, 0.1) is 0 Å². The van der Waals surface area contributed by atoms with Crippen LogP contribution in [-0.2, 0) is 0 Å². The summed E-state index contributed by atoms with van der Waals surface area (Å²) in [7, 11) is 0. The van der Waals surface area contributed by atoms with Crippen LogP contribution in [0.3, 0.4) is 0 Å². The minimum Gasteiger partial charge on any atom is -0.437 e. The van der Waals surface area contributed by atoms with Crippen molar-refractivity contribution in [2.75, 3.05) is 0 Å². The van der Waals surface area contributed by atoms with Crippen molar-refractivity contribution >= 4 is 39.1 Å². The van der Waals surface area contributed by atoms with Gasteiger partial charge in [-0.05, 0) is 28.1 Å². The predicted octanol–water partition coefficient (Wildman–Crippen LogP) is 4.34. The standard InChI is InChI=1S/C10H5BrCl2N2O/c11-9-4-10(15-5-14-9)16-8-3-6(12)1-2-7(8)13/h1-5H. The molecule has 82 valence electrons. The number of aromatic nitrogens is 2. The molecule has 1 aromatic heterocycles. The van der Waals surface area contributed by atoms with E-state index in [0.29, 0.717) is 26.3 Å². The van der Waals surface area contributed by atoms with Crippen molar-refractivity contribution in [2.45, 2.75) is 0 Å². The zero-order valence-corrected chi connectivity index (χ0v) is 10.9. The average molecular weight is 320 g/mol. The van der Waals surface area contributed by atoms with Crippen molar-refractivity contribution in [3.63, 3.8) is 0 Å². The van der Waals surface area contributed by atoms with Crippen LogP contribution in [0.1, 0.15) is 0 Å². The van der Waals surface area contributed by atoms with Crippen LogP contribution in [-0.4, -0.2) is 9.97 Å². The maximum Gasteiger partial charge on any atom is 0.223 e. The topological polar surface area (TPSA) is 35.0 Å². The summed E-state index contributed by atoms with van der Waals surface area (Å²) in [6.45, 7) is 0. The summed E-state index contributed by atoms with van der Waals surface area (Å²) in [4.78, 5) is 7.83. The molecular weight excluding hydrogens is 315 g/mol. The smallest absolute Gasteiger partial charge is 0.223 e. The molecule has 0 aliphatic carbocycles. The Kier molecular flexibility index (Phi) is 3.63. The number of ether oxygens (including phenoxy) is 1. The van der Waals surface area contributed by atoms with E-state index in [1.165, 1.54) is 6.33 Å². The third-order valence-corrected chi connectivity index (χ3v) is 2.70. The SMILES string of the molecule is Clc1ccc(Cl)c(Oc2cc(Br)ncn2)c1. The average Bonchev–Trinajstić information content (AvgIpc) is 2.24. The van der Waals surface area contributed by atoms with Crippen LogP contribution in [0.15, 0.2) is 35.2 Å². The van der Waals surface area contributed by atoms with Crippen LogP contribution in [0.5, 0.6) is 11.6 Å². The summed E-state index contributed by atoms with van der Waals surface area (Å²) < 4.78 is 6.11. The summed E-state index contributed by atoms with van der Waals surface area (Å²) >= 11 is 15.0. The molecule has 6 heteroatoms.